The van der Waals surface area contributed by atoms with Crippen molar-refractivity contribution in [2.75, 3.05) is 32.8 Å². The van der Waals surface area contributed by atoms with Gasteiger partial charge in [0.25, 0.3) is 0 Å². The van der Waals surface area contributed by atoms with Gasteiger partial charge in [-0.3, -0.25) is 4.99 Å². The lowest BCUT2D eigenvalue weighted by molar-refractivity contribution is 0.0529. The zero-order valence-electron chi connectivity index (χ0n) is 14.2. The molecule has 132 valence electrons. The third-order valence-electron chi connectivity index (χ3n) is 2.30. The average molecular weight is 430 g/mol. The fraction of sp³-hybridized carbons (Fsp3) is 0.857. The van der Waals surface area contributed by atoms with Crippen LogP contribution in [0.1, 0.15) is 34.6 Å². The minimum atomic E-state index is -0.492. The minimum absolute atomic E-state index is 0. The molecule has 0 aromatic carbocycles. The van der Waals surface area contributed by atoms with Gasteiger partial charge in [-0.05, 0) is 33.6 Å². The Morgan fingerprint density at radius 1 is 1.23 bits per heavy atom. The second-order valence-electron chi connectivity index (χ2n) is 5.86. The fourth-order valence-corrected chi connectivity index (χ4v) is 1.31. The van der Waals surface area contributed by atoms with E-state index in [-0.39, 0.29) is 36.5 Å². The maximum absolute atomic E-state index is 11.4. The van der Waals surface area contributed by atoms with Crippen molar-refractivity contribution >= 4 is 36.0 Å². The van der Waals surface area contributed by atoms with Crippen LogP contribution in [0, 0.1) is 5.92 Å². The van der Waals surface area contributed by atoms with Gasteiger partial charge >= 0.3 is 6.09 Å². The van der Waals surface area contributed by atoms with Crippen LogP contribution in [0.3, 0.4) is 0 Å². The number of aliphatic hydroxyl groups excluding tert-OH is 1. The Hall–Kier alpha value is -0.770. The van der Waals surface area contributed by atoms with Crippen molar-refractivity contribution in [1.82, 2.24) is 16.0 Å². The Labute approximate surface area is 150 Å². The standard InChI is InChI=1S/C14H30N4O3.HI/c1-6-15-12(18-9-11(2)10-19)16-7-8-17-13(20)21-14(3,4)5;/h11,19H,6-10H2,1-5H3,(H,17,20)(H2,15,16,18);1H. The zero-order chi connectivity index (χ0) is 16.3. The number of aliphatic hydroxyl groups is 1. The van der Waals surface area contributed by atoms with E-state index in [4.69, 9.17) is 9.84 Å². The van der Waals surface area contributed by atoms with Crippen molar-refractivity contribution in [2.45, 2.75) is 40.2 Å². The lowest BCUT2D eigenvalue weighted by Crippen LogP contribution is -2.42. The third kappa shape index (κ3) is 14.2. The zero-order valence-corrected chi connectivity index (χ0v) is 16.6. The summed E-state index contributed by atoms with van der Waals surface area (Å²) in [6.45, 7) is 11.8. The summed E-state index contributed by atoms with van der Waals surface area (Å²) in [7, 11) is 0. The Morgan fingerprint density at radius 3 is 2.32 bits per heavy atom. The average Bonchev–Trinajstić information content (AvgIpc) is 2.38. The van der Waals surface area contributed by atoms with Crippen LogP contribution in [0.4, 0.5) is 4.79 Å². The van der Waals surface area contributed by atoms with Crippen molar-refractivity contribution in [3.05, 3.63) is 0 Å². The number of hydrogen-bond acceptors (Lipinski definition) is 4. The van der Waals surface area contributed by atoms with Gasteiger partial charge in [-0.2, -0.15) is 0 Å². The molecule has 0 heterocycles. The van der Waals surface area contributed by atoms with Crippen LogP contribution in [-0.2, 0) is 4.74 Å². The monoisotopic (exact) mass is 430 g/mol. The predicted octanol–water partition coefficient (Wildman–Crippen LogP) is 1.31. The van der Waals surface area contributed by atoms with E-state index in [1.165, 1.54) is 0 Å². The number of carbonyl (C=O) groups excluding carboxylic acids is 1. The van der Waals surface area contributed by atoms with E-state index >= 15 is 0 Å². The normalized spacial score (nSPS) is 12.9. The fourth-order valence-electron chi connectivity index (χ4n) is 1.31. The molecule has 0 bridgehead atoms. The van der Waals surface area contributed by atoms with E-state index < -0.39 is 11.7 Å². The Morgan fingerprint density at radius 2 is 1.82 bits per heavy atom. The van der Waals surface area contributed by atoms with Crippen molar-refractivity contribution in [3.8, 4) is 0 Å². The highest BCUT2D eigenvalue weighted by Gasteiger charge is 2.15. The van der Waals surface area contributed by atoms with Crippen molar-refractivity contribution in [2.24, 2.45) is 10.9 Å². The second kappa shape index (κ2) is 12.7. The molecule has 7 nitrogen and oxygen atoms in total. The number of hydrogen-bond donors (Lipinski definition) is 4. The van der Waals surface area contributed by atoms with Crippen LogP contribution >= 0.6 is 24.0 Å². The van der Waals surface area contributed by atoms with Crippen LogP contribution in [0.25, 0.3) is 0 Å². The number of ether oxygens (including phenoxy) is 1. The molecule has 0 aliphatic carbocycles. The Balaban J connectivity index is 0. The van der Waals surface area contributed by atoms with Gasteiger partial charge in [0.1, 0.15) is 5.60 Å². The van der Waals surface area contributed by atoms with Crippen LogP contribution in [0.15, 0.2) is 4.99 Å². The smallest absolute Gasteiger partial charge is 0.407 e. The van der Waals surface area contributed by atoms with Gasteiger partial charge in [0.2, 0.25) is 0 Å². The predicted molar refractivity (Wildman–Crippen MR) is 99.9 cm³/mol. The summed E-state index contributed by atoms with van der Waals surface area (Å²) in [6, 6.07) is 0. The number of halogens is 1. The highest BCUT2D eigenvalue weighted by molar-refractivity contribution is 14.0. The summed E-state index contributed by atoms with van der Waals surface area (Å²) in [6.07, 6.45) is -0.430. The molecule has 0 aromatic rings. The second-order valence-corrected chi connectivity index (χ2v) is 5.86. The summed E-state index contributed by atoms with van der Waals surface area (Å²) in [5.41, 5.74) is -0.492. The molecule has 1 atom stereocenters. The van der Waals surface area contributed by atoms with E-state index in [9.17, 15) is 4.79 Å². The Bertz CT molecular complexity index is 333. The van der Waals surface area contributed by atoms with Gasteiger partial charge in [-0.15, -0.1) is 24.0 Å². The van der Waals surface area contributed by atoms with Crippen LogP contribution in [-0.4, -0.2) is 55.5 Å². The van der Waals surface area contributed by atoms with Crippen LogP contribution < -0.4 is 16.0 Å². The summed E-state index contributed by atoms with van der Waals surface area (Å²) < 4.78 is 5.13. The molecule has 0 spiro atoms. The summed E-state index contributed by atoms with van der Waals surface area (Å²) in [5.74, 6) is 0.795. The lowest BCUT2D eigenvalue weighted by Gasteiger charge is -2.20. The van der Waals surface area contributed by atoms with E-state index in [2.05, 4.69) is 20.9 Å². The number of nitrogens with one attached hydrogen (secondary N) is 3. The van der Waals surface area contributed by atoms with E-state index in [1.54, 1.807) is 0 Å². The van der Waals surface area contributed by atoms with Gasteiger partial charge in [0, 0.05) is 32.8 Å². The number of guanidine groups is 1. The highest BCUT2D eigenvalue weighted by atomic mass is 127. The van der Waals surface area contributed by atoms with Crippen LogP contribution in [0.2, 0.25) is 0 Å². The van der Waals surface area contributed by atoms with E-state index in [1.807, 2.05) is 34.6 Å². The van der Waals surface area contributed by atoms with Gasteiger partial charge in [0.05, 0.1) is 0 Å². The molecule has 4 N–H and O–H groups in total. The van der Waals surface area contributed by atoms with Crippen molar-refractivity contribution < 1.29 is 14.6 Å². The van der Waals surface area contributed by atoms with Gasteiger partial charge < -0.3 is 25.8 Å². The Kier molecular flexibility index (Phi) is 13.6. The van der Waals surface area contributed by atoms with Crippen LogP contribution in [0.5, 0.6) is 0 Å². The number of rotatable bonds is 7. The molecule has 0 rings (SSSR count). The molecule has 1 amide bonds. The first-order valence-corrected chi connectivity index (χ1v) is 7.38. The first kappa shape index (κ1) is 23.5. The molecule has 0 radical (unpaired) electrons. The quantitative estimate of drug-likeness (QED) is 0.212. The first-order chi connectivity index (χ1) is 9.78. The van der Waals surface area contributed by atoms with E-state index in [0.717, 1.165) is 6.54 Å². The molecular weight excluding hydrogens is 399 g/mol. The molecule has 8 heteroatoms. The molecular formula is C14H31IN4O3. The SMILES string of the molecule is CCNC(=NCC(C)CO)NCCNC(=O)OC(C)(C)C.I. The highest BCUT2D eigenvalue weighted by Crippen LogP contribution is 2.05. The van der Waals surface area contributed by atoms with Gasteiger partial charge in [-0.1, -0.05) is 6.92 Å². The summed E-state index contributed by atoms with van der Waals surface area (Å²) in [4.78, 5) is 15.8. The topological polar surface area (TPSA) is 95.0 Å². The first-order valence-electron chi connectivity index (χ1n) is 7.38. The maximum atomic E-state index is 11.4. The number of aliphatic imine (C=N–C) groups is 1. The number of nitrogens with zero attached hydrogens (tertiary/aromatic N) is 1. The molecule has 0 aromatic heterocycles. The molecule has 0 saturated heterocycles. The van der Waals surface area contributed by atoms with Crippen molar-refractivity contribution in [1.29, 1.82) is 0 Å². The molecule has 0 aliphatic rings. The molecule has 0 fully saturated rings. The lowest BCUT2D eigenvalue weighted by atomic mass is 10.2. The largest absolute Gasteiger partial charge is 0.444 e. The molecule has 1 unspecified atom stereocenters. The van der Waals surface area contributed by atoms with E-state index in [0.29, 0.717) is 25.6 Å². The summed E-state index contributed by atoms with van der Waals surface area (Å²) >= 11 is 0. The number of amides is 1. The summed E-state index contributed by atoms with van der Waals surface area (Å²) in [5, 5.41) is 17.8. The number of carbonyl (C=O) groups is 1. The third-order valence-corrected chi connectivity index (χ3v) is 2.30. The molecule has 22 heavy (non-hydrogen) atoms. The van der Waals surface area contributed by atoms with Gasteiger partial charge in [0.15, 0.2) is 5.96 Å². The van der Waals surface area contributed by atoms with Crippen molar-refractivity contribution in [3.63, 3.8) is 0 Å². The molecule has 0 saturated carbocycles. The molecule has 0 aliphatic heterocycles. The maximum Gasteiger partial charge on any atom is 0.407 e. The number of alkyl carbamates (subject to hydrolysis) is 1. The van der Waals surface area contributed by atoms with Gasteiger partial charge in [-0.25, -0.2) is 4.79 Å². The minimum Gasteiger partial charge on any atom is -0.444 e.